The number of amides is 1. The summed E-state index contributed by atoms with van der Waals surface area (Å²) in [6.07, 6.45) is 7.29. The molecule has 0 atom stereocenters. The molecule has 0 saturated heterocycles. The number of imidazole rings is 1. The number of nitrogens with zero attached hydrogens (tertiary/aromatic N) is 2. The van der Waals surface area contributed by atoms with Gasteiger partial charge in [0.05, 0.1) is 25.1 Å². The van der Waals surface area contributed by atoms with Gasteiger partial charge < -0.3 is 19.2 Å². The van der Waals surface area contributed by atoms with Gasteiger partial charge in [-0.3, -0.25) is 4.79 Å². The highest BCUT2D eigenvalue weighted by Crippen LogP contribution is 2.31. The molecule has 0 aliphatic heterocycles. The van der Waals surface area contributed by atoms with Gasteiger partial charge in [0.25, 0.3) is 5.91 Å². The number of ether oxygens (including phenoxy) is 2. The number of rotatable bonds is 9. The first-order chi connectivity index (χ1) is 16.1. The van der Waals surface area contributed by atoms with Crippen molar-refractivity contribution < 1.29 is 14.3 Å². The van der Waals surface area contributed by atoms with Crippen molar-refractivity contribution in [2.24, 2.45) is 0 Å². The lowest BCUT2D eigenvalue weighted by atomic mass is 10.1. The first-order valence-electron chi connectivity index (χ1n) is 11.3. The van der Waals surface area contributed by atoms with Crippen LogP contribution < -0.4 is 14.8 Å². The van der Waals surface area contributed by atoms with Crippen molar-refractivity contribution in [1.82, 2.24) is 9.38 Å². The molecule has 1 N–H and O–H groups in total. The number of anilines is 1. The average molecular weight is 444 g/mol. The van der Waals surface area contributed by atoms with E-state index in [0.29, 0.717) is 23.6 Å². The molecule has 0 radical (unpaired) electrons. The summed E-state index contributed by atoms with van der Waals surface area (Å²) in [6.45, 7) is 4.88. The maximum Gasteiger partial charge on any atom is 0.255 e. The minimum absolute atomic E-state index is 0.214. The molecule has 0 unspecified atom stereocenters. The molecule has 0 saturated carbocycles. The number of hydrogen-bond acceptors (Lipinski definition) is 4. The number of fused-ring (bicyclic) bond motifs is 1. The van der Waals surface area contributed by atoms with Gasteiger partial charge in [-0.2, -0.15) is 0 Å². The second kappa shape index (κ2) is 10.2. The molecular formula is C27H29N3O3. The SMILES string of the molecule is CCCCCOc1ccc(C(=O)Nc2cc(-c3cn4cccc(C)c4n3)ccc2OC)cc1. The van der Waals surface area contributed by atoms with Crippen molar-refractivity contribution in [1.29, 1.82) is 0 Å². The number of carbonyl (C=O) groups excluding carboxylic acids is 1. The predicted octanol–water partition coefficient (Wildman–Crippen LogP) is 6.14. The molecule has 33 heavy (non-hydrogen) atoms. The summed E-state index contributed by atoms with van der Waals surface area (Å²) in [5.41, 5.74) is 4.87. The van der Waals surface area contributed by atoms with E-state index in [-0.39, 0.29) is 5.91 Å². The normalized spacial score (nSPS) is 10.9. The Labute approximate surface area is 194 Å². The Bertz CT molecular complexity index is 1250. The number of nitrogens with one attached hydrogen (secondary N) is 1. The fraction of sp³-hybridized carbons (Fsp3) is 0.259. The minimum atomic E-state index is -0.214. The molecule has 1 amide bonds. The minimum Gasteiger partial charge on any atom is -0.495 e. The smallest absolute Gasteiger partial charge is 0.255 e. The molecule has 0 aliphatic rings. The summed E-state index contributed by atoms with van der Waals surface area (Å²) in [5, 5.41) is 2.97. The van der Waals surface area contributed by atoms with E-state index in [2.05, 4.69) is 12.2 Å². The number of hydrogen-bond donors (Lipinski definition) is 1. The van der Waals surface area contributed by atoms with Gasteiger partial charge in [0.1, 0.15) is 17.1 Å². The maximum atomic E-state index is 12.9. The number of pyridine rings is 1. The summed E-state index contributed by atoms with van der Waals surface area (Å²) < 4.78 is 13.2. The quantitative estimate of drug-likeness (QED) is 0.316. The van der Waals surface area contributed by atoms with Crippen molar-refractivity contribution in [3.05, 3.63) is 78.1 Å². The number of aromatic nitrogens is 2. The van der Waals surface area contributed by atoms with Gasteiger partial charge in [0, 0.05) is 23.5 Å². The molecule has 2 aromatic carbocycles. The van der Waals surface area contributed by atoms with Gasteiger partial charge in [-0.25, -0.2) is 4.98 Å². The van der Waals surface area contributed by atoms with Crippen molar-refractivity contribution in [3.8, 4) is 22.8 Å². The van der Waals surface area contributed by atoms with Crippen molar-refractivity contribution in [2.75, 3.05) is 19.0 Å². The lowest BCUT2D eigenvalue weighted by Crippen LogP contribution is -2.12. The van der Waals surface area contributed by atoms with Crippen LogP contribution in [0.5, 0.6) is 11.5 Å². The van der Waals surface area contributed by atoms with Gasteiger partial charge in [-0.05, 0) is 67.4 Å². The highest BCUT2D eigenvalue weighted by molar-refractivity contribution is 6.05. The van der Waals surface area contributed by atoms with Crippen molar-refractivity contribution in [2.45, 2.75) is 33.1 Å². The Morgan fingerprint density at radius 3 is 2.64 bits per heavy atom. The summed E-state index contributed by atoms with van der Waals surface area (Å²) in [7, 11) is 1.59. The van der Waals surface area contributed by atoms with E-state index >= 15 is 0 Å². The highest BCUT2D eigenvalue weighted by atomic mass is 16.5. The van der Waals surface area contributed by atoms with Crippen LogP contribution in [0.4, 0.5) is 5.69 Å². The summed E-state index contributed by atoms with van der Waals surface area (Å²) >= 11 is 0. The van der Waals surface area contributed by atoms with Crippen LogP contribution in [0.25, 0.3) is 16.9 Å². The Hall–Kier alpha value is -3.80. The van der Waals surface area contributed by atoms with Crippen LogP contribution in [0.15, 0.2) is 67.0 Å². The molecule has 170 valence electrons. The Morgan fingerprint density at radius 2 is 1.91 bits per heavy atom. The zero-order chi connectivity index (χ0) is 23.2. The molecule has 6 nitrogen and oxygen atoms in total. The Kier molecular flexibility index (Phi) is 6.93. The summed E-state index contributed by atoms with van der Waals surface area (Å²) in [5.74, 6) is 1.14. The molecule has 6 heteroatoms. The third-order valence-electron chi connectivity index (χ3n) is 5.55. The van der Waals surface area contributed by atoms with Gasteiger partial charge in [-0.15, -0.1) is 0 Å². The molecule has 4 rings (SSSR count). The lowest BCUT2D eigenvalue weighted by molar-refractivity contribution is 0.102. The predicted molar refractivity (Wildman–Crippen MR) is 131 cm³/mol. The number of unbranched alkanes of at least 4 members (excludes halogenated alkanes) is 2. The molecule has 0 spiro atoms. The number of benzene rings is 2. The second-order valence-electron chi connectivity index (χ2n) is 8.00. The first-order valence-corrected chi connectivity index (χ1v) is 11.3. The fourth-order valence-electron chi connectivity index (χ4n) is 3.70. The summed E-state index contributed by atoms with van der Waals surface area (Å²) in [6, 6.07) is 16.9. The van der Waals surface area contributed by atoms with E-state index in [0.717, 1.165) is 47.5 Å². The monoisotopic (exact) mass is 443 g/mol. The largest absolute Gasteiger partial charge is 0.495 e. The van der Waals surface area contributed by atoms with E-state index in [4.69, 9.17) is 14.5 Å². The van der Waals surface area contributed by atoms with Crippen molar-refractivity contribution >= 4 is 17.2 Å². The molecule has 0 fully saturated rings. The van der Waals surface area contributed by atoms with Crippen LogP contribution in [-0.4, -0.2) is 29.0 Å². The second-order valence-corrected chi connectivity index (χ2v) is 8.00. The number of carbonyl (C=O) groups is 1. The average Bonchev–Trinajstić information content (AvgIpc) is 3.28. The van der Waals surface area contributed by atoms with Crippen LogP contribution >= 0.6 is 0 Å². The zero-order valence-corrected chi connectivity index (χ0v) is 19.3. The van der Waals surface area contributed by atoms with Gasteiger partial charge >= 0.3 is 0 Å². The van der Waals surface area contributed by atoms with Gasteiger partial charge in [-0.1, -0.05) is 25.8 Å². The van der Waals surface area contributed by atoms with E-state index in [9.17, 15) is 4.79 Å². The first kappa shape index (κ1) is 22.4. The number of methoxy groups -OCH3 is 1. The zero-order valence-electron chi connectivity index (χ0n) is 19.3. The van der Waals surface area contributed by atoms with E-state index < -0.39 is 0 Å². The van der Waals surface area contributed by atoms with E-state index in [1.165, 1.54) is 0 Å². The molecule has 2 heterocycles. The number of aryl methyl sites for hydroxylation is 1. The van der Waals surface area contributed by atoms with E-state index in [1.54, 1.807) is 19.2 Å². The molecule has 0 bridgehead atoms. The van der Waals surface area contributed by atoms with Crippen LogP contribution in [0, 0.1) is 6.92 Å². The van der Waals surface area contributed by atoms with E-state index in [1.807, 2.05) is 66.2 Å². The van der Waals surface area contributed by atoms with Crippen LogP contribution in [-0.2, 0) is 0 Å². The van der Waals surface area contributed by atoms with Gasteiger partial charge in [0.2, 0.25) is 0 Å². The summed E-state index contributed by atoms with van der Waals surface area (Å²) in [4.78, 5) is 17.7. The maximum absolute atomic E-state index is 12.9. The van der Waals surface area contributed by atoms with Crippen LogP contribution in [0.1, 0.15) is 42.1 Å². The third kappa shape index (κ3) is 5.17. The molecule has 2 aromatic heterocycles. The molecule has 4 aromatic rings. The Morgan fingerprint density at radius 1 is 1.09 bits per heavy atom. The highest BCUT2D eigenvalue weighted by Gasteiger charge is 2.13. The molecular weight excluding hydrogens is 414 g/mol. The standard InChI is InChI=1S/C27H29N3O3/c1-4-5-6-16-33-22-12-9-20(10-13-22)27(31)29-23-17-21(11-14-25(23)32-3)24-18-30-15-7-8-19(2)26(30)28-24/h7-15,17-18H,4-6,16H2,1-3H3,(H,29,31). The molecule has 0 aliphatic carbocycles. The van der Waals surface area contributed by atoms with Crippen molar-refractivity contribution in [3.63, 3.8) is 0 Å². The topological polar surface area (TPSA) is 64.9 Å². The lowest BCUT2D eigenvalue weighted by Gasteiger charge is -2.12. The Balaban J connectivity index is 1.52. The third-order valence-corrected chi connectivity index (χ3v) is 5.55. The van der Waals surface area contributed by atoms with Crippen LogP contribution in [0.3, 0.4) is 0 Å². The van der Waals surface area contributed by atoms with Crippen LogP contribution in [0.2, 0.25) is 0 Å². The fourth-order valence-corrected chi connectivity index (χ4v) is 3.70. The van der Waals surface area contributed by atoms with Gasteiger partial charge in [0.15, 0.2) is 0 Å².